The minimum atomic E-state index is -0.704. The Labute approximate surface area is 122 Å². The van der Waals surface area contributed by atoms with Crippen LogP contribution in [0.1, 0.15) is 5.56 Å². The largest absolute Gasteiger partial charge is 0.502 e. The maximum atomic E-state index is 10.8. The van der Waals surface area contributed by atoms with Crippen LogP contribution in [0.3, 0.4) is 0 Å². The predicted octanol–water partition coefficient (Wildman–Crippen LogP) is 1.79. The summed E-state index contributed by atoms with van der Waals surface area (Å²) in [5, 5.41) is 26.6. The van der Waals surface area contributed by atoms with Gasteiger partial charge in [0.1, 0.15) is 11.6 Å². The van der Waals surface area contributed by atoms with Crippen LogP contribution in [0.4, 0.5) is 16.6 Å². The van der Waals surface area contributed by atoms with E-state index in [1.54, 1.807) is 5.38 Å². The number of benzene rings is 1. The molecule has 0 amide bonds. The van der Waals surface area contributed by atoms with Crippen molar-refractivity contribution in [2.75, 3.05) is 18.3 Å². The van der Waals surface area contributed by atoms with Crippen LogP contribution >= 0.6 is 11.3 Å². The van der Waals surface area contributed by atoms with E-state index in [0.717, 1.165) is 6.07 Å². The van der Waals surface area contributed by atoms with E-state index in [4.69, 9.17) is 10.5 Å². The van der Waals surface area contributed by atoms with Gasteiger partial charge in [-0.2, -0.15) is 5.10 Å². The number of rotatable bonds is 5. The average molecular weight is 309 g/mol. The number of phenols is 1. The Morgan fingerprint density at radius 3 is 2.95 bits per heavy atom. The highest BCUT2D eigenvalue weighted by Crippen LogP contribution is 2.33. The molecule has 1 aromatic heterocycles. The first-order valence-electron chi connectivity index (χ1n) is 5.56. The third kappa shape index (κ3) is 3.36. The summed E-state index contributed by atoms with van der Waals surface area (Å²) in [6, 6.07) is 2.55. The SMILES string of the molecule is COc1cc(C=NNc2nc(N)cs2)c(O)c([N+](=O)[O-])c1. The molecule has 0 fully saturated rings. The zero-order chi connectivity index (χ0) is 15.4. The van der Waals surface area contributed by atoms with E-state index in [1.165, 1.54) is 30.7 Å². The van der Waals surface area contributed by atoms with Gasteiger partial charge in [-0.05, 0) is 6.07 Å². The lowest BCUT2D eigenvalue weighted by Gasteiger charge is -2.04. The van der Waals surface area contributed by atoms with E-state index in [1.807, 2.05) is 0 Å². The molecule has 1 heterocycles. The monoisotopic (exact) mass is 309 g/mol. The third-order valence-corrected chi connectivity index (χ3v) is 3.18. The first kappa shape index (κ1) is 14.5. The highest BCUT2D eigenvalue weighted by molar-refractivity contribution is 7.14. The highest BCUT2D eigenvalue weighted by Gasteiger charge is 2.18. The van der Waals surface area contributed by atoms with Gasteiger partial charge in [-0.25, -0.2) is 4.98 Å². The van der Waals surface area contributed by atoms with Crippen molar-refractivity contribution in [3.05, 3.63) is 33.2 Å². The Morgan fingerprint density at radius 1 is 1.62 bits per heavy atom. The molecule has 0 atom stereocenters. The Bertz CT molecular complexity index is 700. The molecular formula is C11H11N5O4S. The molecule has 21 heavy (non-hydrogen) atoms. The highest BCUT2D eigenvalue weighted by atomic mass is 32.1. The van der Waals surface area contributed by atoms with Crippen LogP contribution < -0.4 is 15.9 Å². The van der Waals surface area contributed by atoms with Gasteiger partial charge in [0, 0.05) is 10.9 Å². The lowest BCUT2D eigenvalue weighted by Crippen LogP contribution is -1.96. The first-order chi connectivity index (χ1) is 10.0. The van der Waals surface area contributed by atoms with Crippen LogP contribution in [0.5, 0.6) is 11.5 Å². The normalized spacial score (nSPS) is 10.7. The first-order valence-corrected chi connectivity index (χ1v) is 6.44. The fourth-order valence-electron chi connectivity index (χ4n) is 1.46. The number of nitrogens with one attached hydrogen (secondary N) is 1. The topological polar surface area (TPSA) is 136 Å². The van der Waals surface area contributed by atoms with Crippen molar-refractivity contribution in [2.45, 2.75) is 0 Å². The second-order valence-electron chi connectivity index (χ2n) is 3.79. The second-order valence-corrected chi connectivity index (χ2v) is 4.65. The molecule has 0 unspecified atom stereocenters. The molecule has 110 valence electrons. The summed E-state index contributed by atoms with van der Waals surface area (Å²) in [7, 11) is 1.37. The molecule has 0 radical (unpaired) electrons. The van der Waals surface area contributed by atoms with Crippen LogP contribution in [0.2, 0.25) is 0 Å². The fourth-order valence-corrected chi connectivity index (χ4v) is 2.01. The molecule has 0 aliphatic carbocycles. The van der Waals surface area contributed by atoms with Gasteiger partial charge in [0.2, 0.25) is 10.9 Å². The van der Waals surface area contributed by atoms with E-state index in [-0.39, 0.29) is 11.3 Å². The lowest BCUT2D eigenvalue weighted by atomic mass is 10.1. The molecule has 0 spiro atoms. The number of thiazole rings is 1. The molecule has 0 saturated heterocycles. The predicted molar refractivity (Wildman–Crippen MR) is 79.1 cm³/mol. The standard InChI is InChI=1S/C11H11N5O4S/c1-20-7-2-6(10(17)8(3-7)16(18)19)4-13-15-11-14-9(12)5-21-11/h2-5,17H,12H2,1H3,(H,14,15). The van der Waals surface area contributed by atoms with E-state index < -0.39 is 16.4 Å². The van der Waals surface area contributed by atoms with E-state index >= 15 is 0 Å². The molecule has 0 aliphatic rings. The number of aromatic nitrogens is 1. The van der Waals surface area contributed by atoms with Gasteiger partial charge >= 0.3 is 5.69 Å². The number of phenolic OH excluding ortho intramolecular Hbond substituents is 1. The summed E-state index contributed by atoms with van der Waals surface area (Å²) in [5.74, 6) is 0.0991. The number of anilines is 2. The van der Waals surface area contributed by atoms with Crippen LogP contribution in [-0.2, 0) is 0 Å². The number of nitrogen functional groups attached to an aromatic ring is 1. The van der Waals surface area contributed by atoms with Crippen molar-refractivity contribution >= 4 is 34.2 Å². The molecule has 10 heteroatoms. The number of hydrogen-bond acceptors (Lipinski definition) is 9. The molecule has 1 aromatic carbocycles. The van der Waals surface area contributed by atoms with Gasteiger partial charge in [-0.3, -0.25) is 15.5 Å². The third-order valence-electron chi connectivity index (χ3n) is 2.41. The summed E-state index contributed by atoms with van der Waals surface area (Å²) in [6.07, 6.45) is 1.22. The van der Waals surface area contributed by atoms with Gasteiger partial charge in [-0.1, -0.05) is 0 Å². The Kier molecular flexibility index (Phi) is 4.18. The van der Waals surface area contributed by atoms with Crippen molar-refractivity contribution in [3.63, 3.8) is 0 Å². The maximum absolute atomic E-state index is 10.8. The van der Waals surface area contributed by atoms with Crippen molar-refractivity contribution < 1.29 is 14.8 Å². The maximum Gasteiger partial charge on any atom is 0.315 e. The van der Waals surface area contributed by atoms with Crippen LogP contribution in [0, 0.1) is 10.1 Å². The number of hydrazone groups is 1. The quantitative estimate of drug-likeness (QED) is 0.435. The molecule has 0 aliphatic heterocycles. The second kappa shape index (κ2) is 6.05. The van der Waals surface area contributed by atoms with Crippen LogP contribution in [0.15, 0.2) is 22.6 Å². The molecule has 0 bridgehead atoms. The number of nitro benzene ring substituents is 1. The zero-order valence-electron chi connectivity index (χ0n) is 10.8. The van der Waals surface area contributed by atoms with Gasteiger partial charge in [0.05, 0.1) is 24.3 Å². The van der Waals surface area contributed by atoms with Gasteiger partial charge < -0.3 is 15.6 Å². The smallest absolute Gasteiger partial charge is 0.315 e. The summed E-state index contributed by atoms with van der Waals surface area (Å²) in [6.45, 7) is 0. The molecule has 9 nitrogen and oxygen atoms in total. The number of aromatic hydroxyl groups is 1. The van der Waals surface area contributed by atoms with Crippen LogP contribution in [0.25, 0.3) is 0 Å². The molecule has 2 aromatic rings. The number of nitrogens with zero attached hydrogens (tertiary/aromatic N) is 3. The van der Waals surface area contributed by atoms with E-state index in [0.29, 0.717) is 10.9 Å². The minimum Gasteiger partial charge on any atom is -0.502 e. The zero-order valence-corrected chi connectivity index (χ0v) is 11.6. The van der Waals surface area contributed by atoms with Crippen LogP contribution in [-0.4, -0.2) is 28.3 Å². The van der Waals surface area contributed by atoms with Crippen molar-refractivity contribution in [2.24, 2.45) is 5.10 Å². The van der Waals surface area contributed by atoms with Gasteiger partial charge in [-0.15, -0.1) is 11.3 Å². The summed E-state index contributed by atoms with van der Waals surface area (Å²) in [5.41, 5.74) is 7.73. The van der Waals surface area contributed by atoms with Crippen molar-refractivity contribution in [3.8, 4) is 11.5 Å². The molecule has 2 rings (SSSR count). The summed E-state index contributed by atoms with van der Waals surface area (Å²) in [4.78, 5) is 14.1. The minimum absolute atomic E-state index is 0.137. The fraction of sp³-hybridized carbons (Fsp3) is 0.0909. The lowest BCUT2D eigenvalue weighted by molar-refractivity contribution is -0.385. The van der Waals surface area contributed by atoms with Crippen molar-refractivity contribution in [1.82, 2.24) is 4.98 Å². The number of methoxy groups -OCH3 is 1. The summed E-state index contributed by atoms with van der Waals surface area (Å²) < 4.78 is 4.94. The molecule has 4 N–H and O–H groups in total. The van der Waals surface area contributed by atoms with Crippen molar-refractivity contribution in [1.29, 1.82) is 0 Å². The molecular weight excluding hydrogens is 298 g/mol. The number of nitro groups is 1. The molecule has 0 saturated carbocycles. The van der Waals surface area contributed by atoms with Gasteiger partial charge in [0.25, 0.3) is 0 Å². The number of nitrogens with two attached hydrogens (primary N) is 1. The van der Waals surface area contributed by atoms with Gasteiger partial charge in [0.15, 0.2) is 0 Å². The Hall–Kier alpha value is -2.88. The average Bonchev–Trinajstić information content (AvgIpc) is 2.86. The number of hydrogen-bond donors (Lipinski definition) is 3. The Balaban J connectivity index is 2.26. The number of ether oxygens (including phenoxy) is 1. The van der Waals surface area contributed by atoms with E-state index in [9.17, 15) is 15.2 Å². The Morgan fingerprint density at radius 2 is 2.38 bits per heavy atom. The summed E-state index contributed by atoms with van der Waals surface area (Å²) >= 11 is 1.25. The van der Waals surface area contributed by atoms with E-state index in [2.05, 4.69) is 15.5 Å².